The highest BCUT2D eigenvalue weighted by Crippen LogP contribution is 1.99. The quantitative estimate of drug-likeness (QED) is 0.650. The van der Waals surface area contributed by atoms with Crippen LogP contribution in [0.5, 0.6) is 0 Å². The minimum atomic E-state index is 0.476. The van der Waals surface area contributed by atoms with Crippen LogP contribution in [0.15, 0.2) is 47.8 Å². The van der Waals surface area contributed by atoms with Crippen molar-refractivity contribution in [2.45, 2.75) is 0 Å². The molecule has 1 aromatic heterocycles. The molecule has 1 N–H and O–H groups in total. The van der Waals surface area contributed by atoms with E-state index in [1.807, 2.05) is 42.5 Å². The summed E-state index contributed by atoms with van der Waals surface area (Å²) in [6, 6.07) is 10.0. The molecule has 4 nitrogen and oxygen atoms in total. The van der Waals surface area contributed by atoms with Gasteiger partial charge in [0, 0.05) is 6.21 Å². The number of H-pyrrole nitrogens is 1. The summed E-state index contributed by atoms with van der Waals surface area (Å²) >= 11 is 4.94. The Kier molecular flexibility index (Phi) is 3.40. The molecular formula is C11H10N4S. The lowest BCUT2D eigenvalue weighted by molar-refractivity contribution is 0.863. The summed E-state index contributed by atoms with van der Waals surface area (Å²) in [5.41, 5.74) is 1.13. The molecule has 0 aliphatic rings. The van der Waals surface area contributed by atoms with Crippen molar-refractivity contribution >= 4 is 24.5 Å². The molecule has 1 aromatic carbocycles. The summed E-state index contributed by atoms with van der Waals surface area (Å²) < 4.78 is 1.97. The van der Waals surface area contributed by atoms with Crippen molar-refractivity contribution in [1.29, 1.82) is 0 Å². The lowest BCUT2D eigenvalue weighted by Gasteiger charge is -1.89. The van der Waals surface area contributed by atoms with Gasteiger partial charge >= 0.3 is 0 Å². The zero-order valence-electron chi connectivity index (χ0n) is 8.45. The van der Waals surface area contributed by atoms with Gasteiger partial charge in [0.15, 0.2) is 0 Å². The second-order valence-corrected chi connectivity index (χ2v) is 3.43. The molecule has 0 aliphatic heterocycles. The fourth-order valence-corrected chi connectivity index (χ4v) is 1.30. The number of rotatable bonds is 3. The predicted molar refractivity (Wildman–Crippen MR) is 66.8 cm³/mol. The van der Waals surface area contributed by atoms with Crippen molar-refractivity contribution in [3.8, 4) is 0 Å². The van der Waals surface area contributed by atoms with E-state index in [0.717, 1.165) is 5.56 Å². The first-order chi connectivity index (χ1) is 7.86. The van der Waals surface area contributed by atoms with E-state index >= 15 is 0 Å². The van der Waals surface area contributed by atoms with Gasteiger partial charge in [-0.2, -0.15) is 14.9 Å². The van der Waals surface area contributed by atoms with E-state index in [0.29, 0.717) is 4.77 Å². The van der Waals surface area contributed by atoms with Crippen molar-refractivity contribution in [2.75, 3.05) is 0 Å². The molecule has 0 radical (unpaired) electrons. The number of benzene rings is 1. The van der Waals surface area contributed by atoms with E-state index in [4.69, 9.17) is 12.2 Å². The van der Waals surface area contributed by atoms with E-state index < -0.39 is 0 Å². The third kappa shape index (κ3) is 2.74. The van der Waals surface area contributed by atoms with Gasteiger partial charge in [0.05, 0.1) is 0 Å². The Morgan fingerprint density at radius 2 is 2.12 bits per heavy atom. The molecule has 5 heteroatoms. The van der Waals surface area contributed by atoms with Crippen LogP contribution in [0.1, 0.15) is 5.56 Å². The number of hydrogen-bond donors (Lipinski definition) is 1. The van der Waals surface area contributed by atoms with Gasteiger partial charge in [-0.1, -0.05) is 36.4 Å². The maximum atomic E-state index is 4.94. The fourth-order valence-electron chi connectivity index (χ4n) is 1.15. The second kappa shape index (κ2) is 5.18. The monoisotopic (exact) mass is 230 g/mol. The van der Waals surface area contributed by atoms with Crippen LogP contribution >= 0.6 is 12.2 Å². The molecule has 0 fully saturated rings. The van der Waals surface area contributed by atoms with E-state index in [9.17, 15) is 0 Å². The Balaban J connectivity index is 2.03. The number of aromatic amines is 1. The first-order valence-corrected chi connectivity index (χ1v) is 5.15. The third-order valence-corrected chi connectivity index (χ3v) is 2.18. The van der Waals surface area contributed by atoms with Crippen LogP contribution in [0.4, 0.5) is 0 Å². The number of nitrogens with zero attached hydrogens (tertiary/aromatic N) is 3. The van der Waals surface area contributed by atoms with E-state index in [-0.39, 0.29) is 0 Å². The van der Waals surface area contributed by atoms with Gasteiger partial charge in [-0.25, -0.2) is 0 Å². The highest BCUT2D eigenvalue weighted by molar-refractivity contribution is 7.71. The van der Waals surface area contributed by atoms with Gasteiger partial charge in [0.2, 0.25) is 4.77 Å². The molecule has 2 rings (SSSR count). The van der Waals surface area contributed by atoms with Crippen LogP contribution in [-0.4, -0.2) is 21.1 Å². The summed E-state index contributed by atoms with van der Waals surface area (Å²) in [5.74, 6) is 0. The highest BCUT2D eigenvalue weighted by Gasteiger charge is 1.85. The SMILES string of the molecule is S=c1[nH]ncn1/N=C\C=Cc1ccccc1. The van der Waals surface area contributed by atoms with E-state index in [2.05, 4.69) is 15.3 Å². The zero-order chi connectivity index (χ0) is 11.2. The molecule has 0 unspecified atom stereocenters. The molecule has 1 heterocycles. The Morgan fingerprint density at radius 3 is 2.81 bits per heavy atom. The smallest absolute Gasteiger partial charge is 0.216 e. The second-order valence-electron chi connectivity index (χ2n) is 3.04. The van der Waals surface area contributed by atoms with Crippen LogP contribution in [0.2, 0.25) is 0 Å². The van der Waals surface area contributed by atoms with Crippen molar-refractivity contribution in [2.24, 2.45) is 5.10 Å². The van der Waals surface area contributed by atoms with Crippen LogP contribution in [0.3, 0.4) is 0 Å². The predicted octanol–water partition coefficient (Wildman–Crippen LogP) is 2.49. The molecule has 0 aliphatic carbocycles. The fraction of sp³-hybridized carbons (Fsp3) is 0. The Bertz CT molecular complexity index is 551. The standard InChI is InChI=1S/C11H10N4S/c16-11-14-12-9-15(11)13-8-4-7-10-5-2-1-3-6-10/h1-9H,(H,14,16)/b7-4?,13-8-. The zero-order valence-corrected chi connectivity index (χ0v) is 9.26. The number of allylic oxidation sites excluding steroid dienone is 1. The highest BCUT2D eigenvalue weighted by atomic mass is 32.1. The molecule has 16 heavy (non-hydrogen) atoms. The first kappa shape index (κ1) is 10.5. The Labute approximate surface area is 97.9 Å². The third-order valence-electron chi connectivity index (χ3n) is 1.90. The van der Waals surface area contributed by atoms with E-state index in [1.165, 1.54) is 11.0 Å². The van der Waals surface area contributed by atoms with Crippen molar-refractivity contribution in [3.63, 3.8) is 0 Å². The average molecular weight is 230 g/mol. The Morgan fingerprint density at radius 1 is 1.31 bits per heavy atom. The number of hydrogen-bond acceptors (Lipinski definition) is 3. The summed E-state index contributed by atoms with van der Waals surface area (Å²) in [6.45, 7) is 0. The molecule has 2 aromatic rings. The lowest BCUT2D eigenvalue weighted by Crippen LogP contribution is -1.85. The van der Waals surface area contributed by atoms with Crippen LogP contribution in [0, 0.1) is 4.77 Å². The topological polar surface area (TPSA) is 46.0 Å². The average Bonchev–Trinajstić information content (AvgIpc) is 2.72. The van der Waals surface area contributed by atoms with Gasteiger partial charge in [-0.3, -0.25) is 5.10 Å². The molecule has 0 spiro atoms. The van der Waals surface area contributed by atoms with Gasteiger partial charge in [-0.15, -0.1) is 0 Å². The molecule has 80 valence electrons. The van der Waals surface area contributed by atoms with Gasteiger partial charge < -0.3 is 0 Å². The summed E-state index contributed by atoms with van der Waals surface area (Å²) in [6.07, 6.45) is 7.00. The summed E-state index contributed by atoms with van der Waals surface area (Å²) in [7, 11) is 0. The first-order valence-electron chi connectivity index (χ1n) is 4.74. The van der Waals surface area contributed by atoms with Gasteiger partial charge in [0.25, 0.3) is 0 Å². The van der Waals surface area contributed by atoms with Crippen LogP contribution < -0.4 is 0 Å². The molecule has 0 saturated heterocycles. The molecule has 0 bridgehead atoms. The molecule has 0 amide bonds. The maximum absolute atomic E-state index is 4.94. The van der Waals surface area contributed by atoms with Gasteiger partial charge in [0.1, 0.15) is 6.33 Å². The van der Waals surface area contributed by atoms with Crippen LogP contribution in [-0.2, 0) is 0 Å². The van der Waals surface area contributed by atoms with Crippen molar-refractivity contribution in [1.82, 2.24) is 14.9 Å². The van der Waals surface area contributed by atoms with Crippen LogP contribution in [0.25, 0.3) is 6.08 Å². The van der Waals surface area contributed by atoms with Crippen molar-refractivity contribution in [3.05, 3.63) is 53.1 Å². The number of aromatic nitrogens is 3. The van der Waals surface area contributed by atoms with E-state index in [1.54, 1.807) is 6.21 Å². The molecule has 0 atom stereocenters. The Hall–Kier alpha value is -2.01. The minimum Gasteiger partial charge on any atom is -0.250 e. The summed E-state index contributed by atoms with van der Waals surface area (Å²) in [4.78, 5) is 0. The largest absolute Gasteiger partial charge is 0.250 e. The molecular weight excluding hydrogens is 220 g/mol. The molecule has 0 saturated carbocycles. The summed E-state index contributed by atoms with van der Waals surface area (Å²) in [5, 5.41) is 10.5. The minimum absolute atomic E-state index is 0.476. The number of nitrogens with one attached hydrogen (secondary N) is 1. The maximum Gasteiger partial charge on any atom is 0.216 e. The van der Waals surface area contributed by atoms with Crippen molar-refractivity contribution < 1.29 is 0 Å². The lowest BCUT2D eigenvalue weighted by atomic mass is 10.2. The van der Waals surface area contributed by atoms with Gasteiger partial charge in [-0.05, 0) is 23.9 Å². The normalized spacial score (nSPS) is 11.5.